The molecule has 1 atom stereocenters. The Morgan fingerprint density at radius 3 is 2.47 bits per heavy atom. The highest BCUT2D eigenvalue weighted by Crippen LogP contribution is 2.43. The molecule has 4 rings (SSSR count). The normalized spacial score (nSPS) is 29.3. The molecule has 0 unspecified atom stereocenters. The van der Waals surface area contributed by atoms with Crippen molar-refractivity contribution in [2.24, 2.45) is 17.3 Å². The summed E-state index contributed by atoms with van der Waals surface area (Å²) in [7, 11) is 0. The SMILES string of the molecule is CC(C)(C)C1CCC2(CC1)NC(=O)N(CN1CCC[C@@H](C(=O)Nc3ccccc3)C1)C2=O. The molecule has 1 aromatic rings. The highest BCUT2D eigenvalue weighted by Gasteiger charge is 2.53. The van der Waals surface area contributed by atoms with Crippen molar-refractivity contribution in [1.82, 2.24) is 15.1 Å². The number of carbonyl (C=O) groups is 3. The Balaban J connectivity index is 1.35. The first-order valence-corrected chi connectivity index (χ1v) is 11.9. The van der Waals surface area contributed by atoms with Crippen molar-refractivity contribution < 1.29 is 14.4 Å². The van der Waals surface area contributed by atoms with Crippen LogP contribution in [0.1, 0.15) is 59.3 Å². The molecule has 1 saturated carbocycles. The molecule has 4 amide bonds. The smallest absolute Gasteiger partial charge is 0.326 e. The molecule has 1 aromatic carbocycles. The maximum atomic E-state index is 13.3. The van der Waals surface area contributed by atoms with Crippen LogP contribution in [0.3, 0.4) is 0 Å². The summed E-state index contributed by atoms with van der Waals surface area (Å²) in [5.74, 6) is 0.319. The second kappa shape index (κ2) is 8.85. The molecule has 2 saturated heterocycles. The summed E-state index contributed by atoms with van der Waals surface area (Å²) in [5.41, 5.74) is 0.269. The monoisotopic (exact) mass is 440 g/mol. The van der Waals surface area contributed by atoms with Gasteiger partial charge < -0.3 is 10.6 Å². The highest BCUT2D eigenvalue weighted by atomic mass is 16.2. The van der Waals surface area contributed by atoms with Gasteiger partial charge in [0, 0.05) is 12.2 Å². The highest BCUT2D eigenvalue weighted by molar-refractivity contribution is 6.07. The van der Waals surface area contributed by atoms with Crippen molar-refractivity contribution in [3.63, 3.8) is 0 Å². The van der Waals surface area contributed by atoms with Gasteiger partial charge in [0.2, 0.25) is 5.91 Å². The van der Waals surface area contributed by atoms with Crippen molar-refractivity contribution in [3.05, 3.63) is 30.3 Å². The number of urea groups is 1. The van der Waals surface area contributed by atoms with E-state index in [0.717, 1.165) is 37.9 Å². The number of nitrogens with zero attached hydrogens (tertiary/aromatic N) is 2. The molecule has 0 aromatic heterocycles. The number of benzene rings is 1. The van der Waals surface area contributed by atoms with Gasteiger partial charge in [-0.25, -0.2) is 9.69 Å². The lowest BCUT2D eigenvalue weighted by atomic mass is 9.67. The number of carbonyl (C=O) groups excluding carboxylic acids is 3. The zero-order valence-electron chi connectivity index (χ0n) is 19.5. The van der Waals surface area contributed by atoms with Crippen LogP contribution in [0.2, 0.25) is 0 Å². The fourth-order valence-corrected chi connectivity index (χ4v) is 5.48. The first-order chi connectivity index (χ1) is 15.2. The summed E-state index contributed by atoms with van der Waals surface area (Å²) in [5, 5.41) is 6.01. The van der Waals surface area contributed by atoms with E-state index in [0.29, 0.717) is 25.3 Å². The van der Waals surface area contributed by atoms with E-state index < -0.39 is 5.54 Å². The van der Waals surface area contributed by atoms with Crippen LogP contribution in [0.5, 0.6) is 0 Å². The zero-order chi connectivity index (χ0) is 22.9. The minimum atomic E-state index is -0.737. The van der Waals surface area contributed by atoms with E-state index in [1.54, 1.807) is 0 Å². The van der Waals surface area contributed by atoms with Crippen LogP contribution >= 0.6 is 0 Å². The van der Waals surface area contributed by atoms with Crippen LogP contribution in [0, 0.1) is 17.3 Å². The van der Waals surface area contributed by atoms with Gasteiger partial charge >= 0.3 is 6.03 Å². The van der Waals surface area contributed by atoms with Crippen LogP contribution in [0.15, 0.2) is 30.3 Å². The first-order valence-electron chi connectivity index (χ1n) is 11.9. The topological polar surface area (TPSA) is 81.8 Å². The average Bonchev–Trinajstić information content (AvgIpc) is 2.98. The molecule has 7 nitrogen and oxygen atoms in total. The molecule has 0 bridgehead atoms. The average molecular weight is 441 g/mol. The lowest BCUT2D eigenvalue weighted by Gasteiger charge is -2.40. The van der Waals surface area contributed by atoms with Crippen molar-refractivity contribution in [1.29, 1.82) is 0 Å². The Labute approximate surface area is 190 Å². The number of likely N-dealkylation sites (tertiary alicyclic amines) is 1. The fraction of sp³-hybridized carbons (Fsp3) is 0.640. The third kappa shape index (κ3) is 4.68. The predicted octanol–water partition coefficient (Wildman–Crippen LogP) is 3.82. The largest absolute Gasteiger partial charge is 0.326 e. The summed E-state index contributed by atoms with van der Waals surface area (Å²) < 4.78 is 0. The number of anilines is 1. The number of nitrogens with one attached hydrogen (secondary N) is 2. The molecular formula is C25H36N4O3. The number of hydrogen-bond donors (Lipinski definition) is 2. The number of piperidine rings is 1. The lowest BCUT2D eigenvalue weighted by molar-refractivity contribution is -0.135. The Bertz CT molecular complexity index is 856. The second-order valence-corrected chi connectivity index (χ2v) is 10.8. The molecular weight excluding hydrogens is 404 g/mol. The van der Waals surface area contributed by atoms with Gasteiger partial charge in [-0.05, 0) is 68.5 Å². The Kier molecular flexibility index (Phi) is 6.30. The fourth-order valence-electron chi connectivity index (χ4n) is 5.48. The number of amides is 4. The molecule has 0 radical (unpaired) electrons. The summed E-state index contributed by atoms with van der Waals surface area (Å²) in [6.45, 7) is 8.33. The van der Waals surface area contributed by atoms with Gasteiger partial charge in [-0.2, -0.15) is 0 Å². The van der Waals surface area contributed by atoms with E-state index in [-0.39, 0.29) is 35.8 Å². The number of hydrogen-bond acceptors (Lipinski definition) is 4. The maximum absolute atomic E-state index is 13.3. The van der Waals surface area contributed by atoms with E-state index in [2.05, 4.69) is 36.3 Å². The van der Waals surface area contributed by atoms with Gasteiger partial charge in [-0.1, -0.05) is 39.0 Å². The van der Waals surface area contributed by atoms with Crippen LogP contribution in [-0.2, 0) is 9.59 Å². The van der Waals surface area contributed by atoms with Gasteiger partial charge in [-0.3, -0.25) is 14.5 Å². The number of rotatable bonds is 4. The summed E-state index contributed by atoms with van der Waals surface area (Å²) in [4.78, 5) is 42.2. The van der Waals surface area contributed by atoms with Crippen molar-refractivity contribution >= 4 is 23.5 Å². The maximum Gasteiger partial charge on any atom is 0.326 e. The quantitative estimate of drug-likeness (QED) is 0.698. The molecule has 1 spiro atoms. The van der Waals surface area contributed by atoms with E-state index in [4.69, 9.17) is 0 Å². The predicted molar refractivity (Wildman–Crippen MR) is 124 cm³/mol. The summed E-state index contributed by atoms with van der Waals surface area (Å²) in [6.07, 6.45) is 5.00. The van der Waals surface area contributed by atoms with Crippen LogP contribution in [-0.4, -0.2) is 52.9 Å². The third-order valence-corrected chi connectivity index (χ3v) is 7.57. The van der Waals surface area contributed by atoms with Crippen molar-refractivity contribution in [2.75, 3.05) is 25.1 Å². The molecule has 32 heavy (non-hydrogen) atoms. The van der Waals surface area contributed by atoms with Crippen LogP contribution in [0.4, 0.5) is 10.5 Å². The zero-order valence-corrected chi connectivity index (χ0v) is 19.5. The number of para-hydroxylation sites is 1. The van der Waals surface area contributed by atoms with Crippen LogP contribution < -0.4 is 10.6 Å². The molecule has 2 heterocycles. The van der Waals surface area contributed by atoms with E-state index in [9.17, 15) is 14.4 Å². The minimum Gasteiger partial charge on any atom is -0.326 e. The van der Waals surface area contributed by atoms with Gasteiger partial charge in [-0.15, -0.1) is 0 Å². The van der Waals surface area contributed by atoms with Gasteiger partial charge in [0.25, 0.3) is 5.91 Å². The Morgan fingerprint density at radius 1 is 1.12 bits per heavy atom. The van der Waals surface area contributed by atoms with Crippen molar-refractivity contribution in [2.45, 2.75) is 64.8 Å². The van der Waals surface area contributed by atoms with E-state index in [1.165, 1.54) is 4.90 Å². The summed E-state index contributed by atoms with van der Waals surface area (Å²) in [6, 6.07) is 9.16. The Morgan fingerprint density at radius 2 is 1.81 bits per heavy atom. The second-order valence-electron chi connectivity index (χ2n) is 10.8. The number of imide groups is 1. The molecule has 7 heteroatoms. The Hall–Kier alpha value is -2.41. The van der Waals surface area contributed by atoms with E-state index in [1.807, 2.05) is 30.3 Å². The summed E-state index contributed by atoms with van der Waals surface area (Å²) >= 11 is 0. The molecule has 2 N–H and O–H groups in total. The first kappa shape index (κ1) is 22.8. The lowest BCUT2D eigenvalue weighted by Crippen LogP contribution is -2.51. The molecule has 1 aliphatic carbocycles. The van der Waals surface area contributed by atoms with Gasteiger partial charge in [0.05, 0.1) is 12.6 Å². The minimum absolute atomic E-state index is 0.00456. The third-order valence-electron chi connectivity index (χ3n) is 7.57. The standard InChI is InChI=1S/C25H36N4O3/c1-24(2,3)19-11-13-25(14-12-19)22(31)29(23(32)27-25)17-28-15-7-8-18(16-28)21(30)26-20-9-5-4-6-10-20/h4-6,9-10,18-19H,7-8,11-17H2,1-3H3,(H,26,30)(H,27,32)/t18-,19?,25?/m1/s1. The van der Waals surface area contributed by atoms with E-state index >= 15 is 0 Å². The van der Waals surface area contributed by atoms with Gasteiger partial charge in [0.15, 0.2) is 0 Å². The molecule has 3 fully saturated rings. The molecule has 174 valence electrons. The molecule has 3 aliphatic rings. The molecule has 2 aliphatic heterocycles. The van der Waals surface area contributed by atoms with Crippen LogP contribution in [0.25, 0.3) is 0 Å². The van der Waals surface area contributed by atoms with Crippen molar-refractivity contribution in [3.8, 4) is 0 Å². The van der Waals surface area contributed by atoms with Gasteiger partial charge in [0.1, 0.15) is 5.54 Å².